The van der Waals surface area contributed by atoms with Gasteiger partial charge in [0.2, 0.25) is 0 Å². The van der Waals surface area contributed by atoms with Gasteiger partial charge >= 0.3 is 0 Å². The number of benzene rings is 2. The van der Waals surface area contributed by atoms with E-state index < -0.39 is 0 Å². The van der Waals surface area contributed by atoms with E-state index in [1.807, 2.05) is 6.92 Å². The fraction of sp³-hybridized carbons (Fsp3) is 0.111. The molecule has 0 unspecified atom stereocenters. The fourth-order valence-corrected chi connectivity index (χ4v) is 3.82. The molecule has 0 spiro atoms. The molecule has 9 heteroatoms. The Kier molecular flexibility index (Phi) is 4.78. The quantitative estimate of drug-likeness (QED) is 0.536. The number of nitrogens with one attached hydrogen (secondary N) is 1. The van der Waals surface area contributed by atoms with Gasteiger partial charge in [0.15, 0.2) is 5.13 Å². The summed E-state index contributed by atoms with van der Waals surface area (Å²) in [5.41, 5.74) is 2.69. The Morgan fingerprint density at radius 2 is 2.11 bits per heavy atom. The third-order valence-electron chi connectivity index (χ3n) is 3.79. The normalized spacial score (nSPS) is 10.9. The molecule has 0 aliphatic heterocycles. The zero-order valence-corrected chi connectivity index (χ0v) is 15.7. The SMILES string of the molecule is Cc1nsnc1COc1cccc(C(=O)Nc2nc3ccc(F)cc3s2)c1. The van der Waals surface area contributed by atoms with E-state index in [-0.39, 0.29) is 18.3 Å². The number of nitrogens with zero attached hydrogens (tertiary/aromatic N) is 3. The van der Waals surface area contributed by atoms with Crippen molar-refractivity contribution in [3.05, 3.63) is 65.2 Å². The van der Waals surface area contributed by atoms with Crippen LogP contribution in [0.25, 0.3) is 10.2 Å². The van der Waals surface area contributed by atoms with Crippen LogP contribution in [0, 0.1) is 12.7 Å². The van der Waals surface area contributed by atoms with Crippen molar-refractivity contribution in [2.45, 2.75) is 13.5 Å². The molecule has 1 N–H and O–H groups in total. The zero-order valence-electron chi connectivity index (χ0n) is 14.1. The van der Waals surface area contributed by atoms with Crippen molar-refractivity contribution in [2.24, 2.45) is 0 Å². The minimum absolute atomic E-state index is 0.289. The molecular formula is C18H13FN4O2S2. The van der Waals surface area contributed by atoms with Crippen LogP contribution < -0.4 is 10.1 Å². The van der Waals surface area contributed by atoms with Gasteiger partial charge in [0, 0.05) is 5.56 Å². The van der Waals surface area contributed by atoms with E-state index in [9.17, 15) is 9.18 Å². The van der Waals surface area contributed by atoms with E-state index in [0.29, 0.717) is 26.7 Å². The Balaban J connectivity index is 1.47. The molecule has 0 aliphatic rings. The van der Waals surface area contributed by atoms with Crippen molar-refractivity contribution in [1.29, 1.82) is 0 Å². The number of amides is 1. The van der Waals surface area contributed by atoms with Crippen molar-refractivity contribution >= 4 is 44.3 Å². The Hall–Kier alpha value is -2.91. The molecule has 2 aromatic heterocycles. The average molecular weight is 400 g/mol. The maximum absolute atomic E-state index is 13.3. The van der Waals surface area contributed by atoms with E-state index in [0.717, 1.165) is 23.1 Å². The number of ether oxygens (including phenoxy) is 1. The largest absolute Gasteiger partial charge is 0.487 e. The maximum Gasteiger partial charge on any atom is 0.257 e. The van der Waals surface area contributed by atoms with Gasteiger partial charge in [0.25, 0.3) is 5.91 Å². The third kappa shape index (κ3) is 3.93. The Bertz CT molecular complexity index is 1130. The summed E-state index contributed by atoms with van der Waals surface area (Å²) in [6.07, 6.45) is 0. The molecule has 27 heavy (non-hydrogen) atoms. The maximum atomic E-state index is 13.3. The molecule has 0 saturated heterocycles. The number of rotatable bonds is 5. The third-order valence-corrected chi connectivity index (χ3v) is 5.38. The molecule has 2 heterocycles. The highest BCUT2D eigenvalue weighted by Crippen LogP contribution is 2.27. The minimum atomic E-state index is -0.334. The van der Waals surface area contributed by atoms with Gasteiger partial charge in [0.1, 0.15) is 23.9 Å². The van der Waals surface area contributed by atoms with Crippen molar-refractivity contribution in [3.8, 4) is 5.75 Å². The average Bonchev–Trinajstić information content (AvgIpc) is 3.25. The molecule has 0 bridgehead atoms. The first-order valence-electron chi connectivity index (χ1n) is 7.97. The lowest BCUT2D eigenvalue weighted by Crippen LogP contribution is -2.11. The van der Waals surface area contributed by atoms with Gasteiger partial charge in [-0.3, -0.25) is 10.1 Å². The molecular weight excluding hydrogens is 387 g/mol. The summed E-state index contributed by atoms with van der Waals surface area (Å²) in [6.45, 7) is 2.16. The van der Waals surface area contributed by atoms with Gasteiger partial charge in [-0.2, -0.15) is 8.75 Å². The van der Waals surface area contributed by atoms with Crippen LogP contribution in [0.1, 0.15) is 21.7 Å². The number of carbonyl (C=O) groups is 1. The molecule has 6 nitrogen and oxygen atoms in total. The van der Waals surface area contributed by atoms with E-state index >= 15 is 0 Å². The summed E-state index contributed by atoms with van der Waals surface area (Å²) in [4.78, 5) is 16.8. The number of aryl methyl sites for hydroxylation is 1. The van der Waals surface area contributed by atoms with Gasteiger partial charge in [-0.15, -0.1) is 0 Å². The summed E-state index contributed by atoms with van der Waals surface area (Å²) in [6, 6.07) is 11.2. The van der Waals surface area contributed by atoms with Crippen molar-refractivity contribution in [3.63, 3.8) is 0 Å². The molecule has 0 saturated carbocycles. The summed E-state index contributed by atoms with van der Waals surface area (Å²) in [5, 5.41) is 3.16. The molecule has 0 aliphatic carbocycles. The first-order chi connectivity index (χ1) is 13.1. The van der Waals surface area contributed by atoms with E-state index in [2.05, 4.69) is 19.0 Å². The predicted octanol–water partition coefficient (Wildman–Crippen LogP) is 4.43. The molecule has 136 valence electrons. The minimum Gasteiger partial charge on any atom is -0.487 e. The molecule has 2 aromatic carbocycles. The number of halogens is 1. The molecule has 0 radical (unpaired) electrons. The summed E-state index contributed by atoms with van der Waals surface area (Å²) >= 11 is 2.36. The fourth-order valence-electron chi connectivity index (χ4n) is 2.38. The van der Waals surface area contributed by atoms with Crippen LogP contribution in [0.4, 0.5) is 9.52 Å². The van der Waals surface area contributed by atoms with Crippen LogP contribution in [0.15, 0.2) is 42.5 Å². The lowest BCUT2D eigenvalue weighted by atomic mass is 10.2. The number of anilines is 1. The van der Waals surface area contributed by atoms with E-state index in [1.54, 1.807) is 30.3 Å². The smallest absolute Gasteiger partial charge is 0.257 e. The first kappa shape index (κ1) is 17.5. The molecule has 0 atom stereocenters. The number of hydrogen-bond donors (Lipinski definition) is 1. The van der Waals surface area contributed by atoms with Crippen LogP contribution in [0.2, 0.25) is 0 Å². The lowest BCUT2D eigenvalue weighted by molar-refractivity contribution is 0.102. The zero-order chi connectivity index (χ0) is 18.8. The van der Waals surface area contributed by atoms with Crippen LogP contribution in [0.5, 0.6) is 5.75 Å². The standard InChI is InChI=1S/C18H13FN4O2S2/c1-10-15(23-27-22-10)9-25-13-4-2-3-11(7-13)17(24)21-18-20-14-6-5-12(19)8-16(14)26-18/h2-8H,9H2,1H3,(H,20,21,24). The van der Waals surface area contributed by atoms with E-state index in [4.69, 9.17) is 4.74 Å². The lowest BCUT2D eigenvalue weighted by Gasteiger charge is -2.07. The number of aromatic nitrogens is 3. The first-order valence-corrected chi connectivity index (χ1v) is 9.51. The summed E-state index contributed by atoms with van der Waals surface area (Å²) < 4.78 is 27.9. The number of hydrogen-bond acceptors (Lipinski definition) is 7. The monoisotopic (exact) mass is 400 g/mol. The van der Waals surface area contributed by atoms with Gasteiger partial charge in [-0.05, 0) is 43.3 Å². The van der Waals surface area contributed by atoms with Crippen LogP contribution in [0.3, 0.4) is 0 Å². The highest BCUT2D eigenvalue weighted by molar-refractivity contribution is 7.22. The highest BCUT2D eigenvalue weighted by atomic mass is 32.1. The van der Waals surface area contributed by atoms with Gasteiger partial charge in [-0.1, -0.05) is 17.4 Å². The summed E-state index contributed by atoms with van der Waals surface area (Å²) in [7, 11) is 0. The van der Waals surface area contributed by atoms with Crippen molar-refractivity contribution in [2.75, 3.05) is 5.32 Å². The van der Waals surface area contributed by atoms with Gasteiger partial charge in [0.05, 0.1) is 27.6 Å². The second kappa shape index (κ2) is 7.37. The predicted molar refractivity (Wildman–Crippen MR) is 103 cm³/mol. The Morgan fingerprint density at radius 3 is 2.93 bits per heavy atom. The van der Waals surface area contributed by atoms with Crippen LogP contribution >= 0.6 is 23.1 Å². The van der Waals surface area contributed by atoms with Gasteiger partial charge < -0.3 is 4.74 Å². The molecule has 4 rings (SSSR count). The Labute approximate surface area is 162 Å². The van der Waals surface area contributed by atoms with E-state index in [1.165, 1.54) is 23.5 Å². The number of thiazole rings is 1. The molecule has 1 amide bonds. The second-order valence-corrected chi connectivity index (χ2v) is 7.26. The van der Waals surface area contributed by atoms with Gasteiger partial charge in [-0.25, -0.2) is 9.37 Å². The number of fused-ring (bicyclic) bond motifs is 1. The second-order valence-electron chi connectivity index (χ2n) is 5.70. The van der Waals surface area contributed by atoms with Crippen molar-refractivity contribution < 1.29 is 13.9 Å². The van der Waals surface area contributed by atoms with Crippen molar-refractivity contribution in [1.82, 2.24) is 13.7 Å². The topological polar surface area (TPSA) is 77.0 Å². The highest BCUT2D eigenvalue weighted by Gasteiger charge is 2.12. The van der Waals surface area contributed by atoms with Crippen LogP contribution in [-0.2, 0) is 6.61 Å². The van der Waals surface area contributed by atoms with Crippen LogP contribution in [-0.4, -0.2) is 19.6 Å². The number of carbonyl (C=O) groups excluding carboxylic acids is 1. The summed E-state index contributed by atoms with van der Waals surface area (Å²) in [5.74, 6) is -0.0904. The molecule has 0 fully saturated rings. The Morgan fingerprint density at radius 1 is 1.22 bits per heavy atom. The molecule has 4 aromatic rings.